The predicted octanol–water partition coefficient (Wildman–Crippen LogP) is 1.81. The summed E-state index contributed by atoms with van der Waals surface area (Å²) >= 11 is 2.08. The van der Waals surface area contributed by atoms with Crippen LogP contribution in [-0.2, 0) is 4.79 Å². The molecule has 0 radical (unpaired) electrons. The number of allylic oxidation sites excluding steroid dienone is 1. The summed E-state index contributed by atoms with van der Waals surface area (Å²) in [6.07, 6.45) is 3.30. The minimum atomic E-state index is -0.331. The van der Waals surface area contributed by atoms with Crippen LogP contribution in [0.4, 0.5) is 0 Å². The lowest BCUT2D eigenvalue weighted by molar-refractivity contribution is -0.114. The van der Waals surface area contributed by atoms with Gasteiger partial charge in [0.05, 0.1) is 9.68 Å². The summed E-state index contributed by atoms with van der Waals surface area (Å²) in [5.41, 5.74) is 1.03. The van der Waals surface area contributed by atoms with Gasteiger partial charge in [-0.3, -0.25) is 4.79 Å². The van der Waals surface area contributed by atoms with Gasteiger partial charge < -0.3 is 5.11 Å². The first-order valence-electron chi connectivity index (χ1n) is 4.31. The highest BCUT2D eigenvalue weighted by Gasteiger charge is 2.36. The number of carbonyl (C=O) groups excluding carboxylic acids is 1. The lowest BCUT2D eigenvalue weighted by Crippen LogP contribution is -2.21. The van der Waals surface area contributed by atoms with Crippen LogP contribution >= 0.6 is 22.6 Å². The fourth-order valence-corrected chi connectivity index (χ4v) is 3.17. The Morgan fingerprint density at radius 1 is 1.42 bits per heavy atom. The topological polar surface area (TPSA) is 37.3 Å². The fourth-order valence-electron chi connectivity index (χ4n) is 2.15. The van der Waals surface area contributed by atoms with E-state index in [1.54, 1.807) is 0 Å². The molecule has 0 aromatic heterocycles. The molecule has 2 aliphatic rings. The molecule has 0 amide bonds. The fraction of sp³-hybridized carbons (Fsp3) is 0.667. The molecule has 2 rings (SSSR count). The van der Waals surface area contributed by atoms with Crippen LogP contribution in [0.15, 0.2) is 9.15 Å². The van der Waals surface area contributed by atoms with E-state index in [0.717, 1.165) is 28.4 Å². The molecule has 0 spiro atoms. The molecule has 0 heterocycles. The van der Waals surface area contributed by atoms with Gasteiger partial charge in [-0.1, -0.05) is 0 Å². The lowest BCUT2D eigenvalue weighted by atomic mass is 9.84. The zero-order valence-electron chi connectivity index (χ0n) is 6.72. The normalized spacial score (nSPS) is 35.7. The second-order valence-corrected chi connectivity index (χ2v) is 4.62. The highest BCUT2D eigenvalue weighted by Crippen LogP contribution is 2.42. The van der Waals surface area contributed by atoms with Gasteiger partial charge in [-0.2, -0.15) is 0 Å². The van der Waals surface area contributed by atoms with Gasteiger partial charge in [-0.25, -0.2) is 0 Å². The van der Waals surface area contributed by atoms with Crippen molar-refractivity contribution in [2.75, 3.05) is 0 Å². The third-order valence-electron chi connectivity index (χ3n) is 2.76. The third-order valence-corrected chi connectivity index (χ3v) is 3.98. The highest BCUT2D eigenvalue weighted by atomic mass is 127. The van der Waals surface area contributed by atoms with E-state index < -0.39 is 0 Å². The first-order valence-corrected chi connectivity index (χ1v) is 5.39. The van der Waals surface area contributed by atoms with Crippen molar-refractivity contribution in [1.29, 1.82) is 0 Å². The monoisotopic (exact) mass is 278 g/mol. The lowest BCUT2D eigenvalue weighted by Gasteiger charge is -2.25. The van der Waals surface area contributed by atoms with Crippen molar-refractivity contribution in [3.63, 3.8) is 0 Å². The molecule has 0 aromatic carbocycles. The molecule has 66 valence electrons. The number of rotatable bonds is 0. The first kappa shape index (κ1) is 8.69. The predicted molar refractivity (Wildman–Crippen MR) is 54.0 cm³/mol. The van der Waals surface area contributed by atoms with Gasteiger partial charge in [0.15, 0.2) is 5.78 Å². The van der Waals surface area contributed by atoms with Gasteiger partial charge in [0.25, 0.3) is 0 Å². The Labute approximate surface area is 85.2 Å². The number of Topliss-reactive ketones (excluding diaryl/α,β-unsaturated/α-hetero) is 1. The van der Waals surface area contributed by atoms with Gasteiger partial charge >= 0.3 is 0 Å². The van der Waals surface area contributed by atoms with E-state index in [2.05, 4.69) is 22.6 Å². The Balaban J connectivity index is 2.34. The second kappa shape index (κ2) is 3.10. The van der Waals surface area contributed by atoms with Crippen LogP contribution in [0.3, 0.4) is 0 Å². The minimum absolute atomic E-state index is 0.233. The van der Waals surface area contributed by atoms with Crippen LogP contribution in [0, 0.1) is 5.92 Å². The molecular weight excluding hydrogens is 267 g/mol. The number of aliphatic hydroxyl groups excluding tert-OH is 1. The molecular formula is C9H11IO2. The molecule has 1 N–H and O–H groups in total. The number of fused-ring (bicyclic) bond motifs is 1. The van der Waals surface area contributed by atoms with Crippen LogP contribution in [0.25, 0.3) is 0 Å². The van der Waals surface area contributed by atoms with Crippen molar-refractivity contribution in [3.8, 4) is 0 Å². The van der Waals surface area contributed by atoms with Crippen LogP contribution in [0.1, 0.15) is 25.7 Å². The number of hydrogen-bond donors (Lipinski definition) is 1. The van der Waals surface area contributed by atoms with Crippen molar-refractivity contribution < 1.29 is 9.90 Å². The Morgan fingerprint density at radius 3 is 2.83 bits per heavy atom. The van der Waals surface area contributed by atoms with E-state index in [1.807, 2.05) is 0 Å². The van der Waals surface area contributed by atoms with Gasteiger partial charge in [0.2, 0.25) is 0 Å². The Morgan fingerprint density at radius 2 is 2.17 bits per heavy atom. The molecule has 0 saturated heterocycles. The summed E-state index contributed by atoms with van der Waals surface area (Å²) in [5.74, 6) is 0.602. The maximum Gasteiger partial charge on any atom is 0.169 e. The molecule has 0 aromatic rings. The molecule has 0 bridgehead atoms. The number of hydrogen-bond acceptors (Lipinski definition) is 2. The molecule has 2 atom stereocenters. The minimum Gasteiger partial charge on any atom is -0.389 e. The quantitative estimate of drug-likeness (QED) is 0.686. The van der Waals surface area contributed by atoms with Gasteiger partial charge in [0.1, 0.15) is 0 Å². The summed E-state index contributed by atoms with van der Waals surface area (Å²) in [4.78, 5) is 11.3. The third kappa shape index (κ3) is 1.23. The zero-order chi connectivity index (χ0) is 8.72. The average Bonchev–Trinajstić information content (AvgIpc) is 2.29. The SMILES string of the molecule is O=C1C[C@@H]2CCC[C@@H](O)C2=C1I. The van der Waals surface area contributed by atoms with Gasteiger partial charge in [-0.15, -0.1) is 0 Å². The van der Waals surface area contributed by atoms with Crippen molar-refractivity contribution in [3.05, 3.63) is 9.15 Å². The average molecular weight is 278 g/mol. The molecule has 1 saturated carbocycles. The highest BCUT2D eigenvalue weighted by molar-refractivity contribution is 14.1. The Bertz CT molecular complexity index is 257. The van der Waals surface area contributed by atoms with Crippen LogP contribution in [0.2, 0.25) is 0 Å². The van der Waals surface area contributed by atoms with E-state index in [0.29, 0.717) is 12.3 Å². The summed E-state index contributed by atoms with van der Waals surface area (Å²) in [7, 11) is 0. The van der Waals surface area contributed by atoms with E-state index >= 15 is 0 Å². The van der Waals surface area contributed by atoms with E-state index in [1.165, 1.54) is 0 Å². The zero-order valence-corrected chi connectivity index (χ0v) is 8.87. The van der Waals surface area contributed by atoms with E-state index in [4.69, 9.17) is 0 Å². The molecule has 1 fully saturated rings. The Kier molecular flexibility index (Phi) is 2.25. The summed E-state index contributed by atoms with van der Waals surface area (Å²) in [5, 5.41) is 9.65. The van der Waals surface area contributed by atoms with Crippen molar-refractivity contribution >= 4 is 28.4 Å². The number of aliphatic hydroxyl groups is 1. The first-order chi connectivity index (χ1) is 5.70. The molecule has 0 aliphatic heterocycles. The molecule has 12 heavy (non-hydrogen) atoms. The smallest absolute Gasteiger partial charge is 0.169 e. The van der Waals surface area contributed by atoms with Crippen LogP contribution < -0.4 is 0 Å². The standard InChI is InChI=1S/C9H11IO2/c10-9-7(12)4-5-2-1-3-6(11)8(5)9/h5-6,11H,1-4H2/t5-,6+/m0/s1. The summed E-state index contributed by atoms with van der Waals surface area (Å²) < 4.78 is 0.810. The van der Waals surface area contributed by atoms with Gasteiger partial charge in [0, 0.05) is 6.42 Å². The molecule has 0 unspecified atom stereocenters. The molecule has 2 nitrogen and oxygen atoms in total. The van der Waals surface area contributed by atoms with Crippen molar-refractivity contribution in [2.45, 2.75) is 31.8 Å². The maximum absolute atomic E-state index is 11.3. The summed E-state index contributed by atoms with van der Waals surface area (Å²) in [6, 6.07) is 0. The van der Waals surface area contributed by atoms with Crippen molar-refractivity contribution in [1.82, 2.24) is 0 Å². The van der Waals surface area contributed by atoms with E-state index in [-0.39, 0.29) is 11.9 Å². The van der Waals surface area contributed by atoms with Gasteiger partial charge in [-0.05, 0) is 53.3 Å². The summed E-state index contributed by atoms with van der Waals surface area (Å²) in [6.45, 7) is 0. The second-order valence-electron chi connectivity index (χ2n) is 3.54. The van der Waals surface area contributed by atoms with Crippen molar-refractivity contribution in [2.24, 2.45) is 5.92 Å². The maximum atomic E-state index is 11.3. The Hall–Kier alpha value is 0.100. The van der Waals surface area contributed by atoms with Crippen LogP contribution in [-0.4, -0.2) is 17.0 Å². The van der Waals surface area contributed by atoms with E-state index in [9.17, 15) is 9.90 Å². The number of halogens is 1. The number of carbonyl (C=O) groups is 1. The largest absolute Gasteiger partial charge is 0.389 e. The molecule has 3 heteroatoms. The number of ketones is 1. The van der Waals surface area contributed by atoms with Crippen LogP contribution in [0.5, 0.6) is 0 Å². The molecule has 2 aliphatic carbocycles.